The quantitative estimate of drug-likeness (QED) is 0.650. The average molecular weight is 176 g/mol. The molecule has 2 heteroatoms. The van der Waals surface area contributed by atoms with E-state index in [1.807, 2.05) is 7.05 Å². The van der Waals surface area contributed by atoms with E-state index in [4.69, 9.17) is 11.6 Å². The first-order valence-electron chi connectivity index (χ1n) is 4.61. The smallest absolute Gasteiger partial charge is 0.0338 e. The van der Waals surface area contributed by atoms with Crippen LogP contribution in [0, 0.1) is 5.92 Å². The summed E-state index contributed by atoms with van der Waals surface area (Å²) >= 11 is 6.07. The highest BCUT2D eigenvalue weighted by Crippen LogP contribution is 2.29. The van der Waals surface area contributed by atoms with Crippen LogP contribution in [-0.4, -0.2) is 19.0 Å². The molecule has 0 saturated heterocycles. The Morgan fingerprint density at radius 1 is 1.45 bits per heavy atom. The second kappa shape index (κ2) is 5.00. The van der Waals surface area contributed by atoms with Crippen LogP contribution >= 0.6 is 11.6 Å². The third kappa shape index (κ3) is 3.44. The molecule has 0 spiro atoms. The van der Waals surface area contributed by atoms with Crippen LogP contribution in [0.4, 0.5) is 0 Å². The van der Waals surface area contributed by atoms with Crippen LogP contribution in [0.3, 0.4) is 0 Å². The second-order valence-electron chi connectivity index (χ2n) is 3.52. The van der Waals surface area contributed by atoms with Gasteiger partial charge in [0.2, 0.25) is 0 Å². The Labute approximate surface area is 74.5 Å². The summed E-state index contributed by atoms with van der Waals surface area (Å²) in [5.41, 5.74) is 0. The van der Waals surface area contributed by atoms with Crippen molar-refractivity contribution in [2.24, 2.45) is 5.92 Å². The topological polar surface area (TPSA) is 12.0 Å². The van der Waals surface area contributed by atoms with Crippen molar-refractivity contribution < 1.29 is 0 Å². The van der Waals surface area contributed by atoms with E-state index in [0.29, 0.717) is 5.38 Å². The van der Waals surface area contributed by atoms with E-state index in [0.717, 1.165) is 12.5 Å². The van der Waals surface area contributed by atoms with Gasteiger partial charge in [-0.05, 0) is 38.8 Å². The fourth-order valence-electron chi connectivity index (χ4n) is 1.84. The fourth-order valence-corrected chi connectivity index (χ4v) is 2.24. The Bertz CT molecular complexity index is 106. The molecule has 1 fully saturated rings. The van der Waals surface area contributed by atoms with Gasteiger partial charge in [-0.25, -0.2) is 0 Å². The first-order valence-corrected chi connectivity index (χ1v) is 5.05. The van der Waals surface area contributed by atoms with Crippen molar-refractivity contribution in [3.63, 3.8) is 0 Å². The molecule has 0 amide bonds. The summed E-state index contributed by atoms with van der Waals surface area (Å²) < 4.78 is 0. The van der Waals surface area contributed by atoms with Gasteiger partial charge in [0.15, 0.2) is 0 Å². The van der Waals surface area contributed by atoms with E-state index < -0.39 is 0 Å². The zero-order valence-corrected chi connectivity index (χ0v) is 8.03. The number of hydrogen-bond donors (Lipinski definition) is 1. The summed E-state index contributed by atoms with van der Waals surface area (Å²) in [5, 5.41) is 3.65. The Balaban J connectivity index is 2.12. The molecule has 0 heterocycles. The van der Waals surface area contributed by atoms with E-state index >= 15 is 0 Å². The predicted molar refractivity (Wildman–Crippen MR) is 50.1 cm³/mol. The van der Waals surface area contributed by atoms with Crippen LogP contribution in [-0.2, 0) is 0 Å². The minimum Gasteiger partial charge on any atom is -0.320 e. The van der Waals surface area contributed by atoms with Crippen LogP contribution in [0.2, 0.25) is 0 Å². The summed E-state index contributed by atoms with van der Waals surface area (Å²) in [4.78, 5) is 0. The largest absolute Gasteiger partial charge is 0.320 e. The average Bonchev–Trinajstić information content (AvgIpc) is 2.01. The van der Waals surface area contributed by atoms with Gasteiger partial charge in [-0.15, -0.1) is 11.6 Å². The van der Waals surface area contributed by atoms with Crippen molar-refractivity contribution in [1.82, 2.24) is 5.32 Å². The molecule has 1 saturated carbocycles. The van der Waals surface area contributed by atoms with Crippen molar-refractivity contribution >= 4 is 11.6 Å². The van der Waals surface area contributed by atoms with Gasteiger partial charge in [-0.3, -0.25) is 0 Å². The third-order valence-corrected chi connectivity index (χ3v) is 2.92. The molecule has 0 bridgehead atoms. The molecule has 0 aromatic rings. The van der Waals surface area contributed by atoms with E-state index in [1.165, 1.54) is 32.1 Å². The van der Waals surface area contributed by atoms with Crippen LogP contribution in [0.5, 0.6) is 0 Å². The standard InChI is InChI=1S/C9H18ClN/c1-11-6-5-8-3-2-4-9(10)7-8/h8-9,11H,2-7H2,1H3. The number of nitrogens with one attached hydrogen (secondary N) is 1. The molecular weight excluding hydrogens is 158 g/mol. The van der Waals surface area contributed by atoms with Crippen molar-refractivity contribution in [2.45, 2.75) is 37.5 Å². The van der Waals surface area contributed by atoms with E-state index in [9.17, 15) is 0 Å². The summed E-state index contributed by atoms with van der Waals surface area (Å²) in [6.07, 6.45) is 6.51. The second-order valence-corrected chi connectivity index (χ2v) is 4.14. The lowest BCUT2D eigenvalue weighted by molar-refractivity contribution is 0.341. The number of halogens is 1. The SMILES string of the molecule is CNCCC1CCCC(Cl)C1. The summed E-state index contributed by atoms with van der Waals surface area (Å²) in [7, 11) is 2.01. The lowest BCUT2D eigenvalue weighted by Gasteiger charge is -2.25. The van der Waals surface area contributed by atoms with E-state index in [-0.39, 0.29) is 0 Å². The van der Waals surface area contributed by atoms with Crippen molar-refractivity contribution in [2.75, 3.05) is 13.6 Å². The highest BCUT2D eigenvalue weighted by atomic mass is 35.5. The maximum atomic E-state index is 6.07. The van der Waals surface area contributed by atoms with Crippen LogP contribution in [0.25, 0.3) is 0 Å². The first kappa shape index (κ1) is 9.34. The minimum absolute atomic E-state index is 0.464. The molecule has 0 aromatic carbocycles. The van der Waals surface area contributed by atoms with Crippen LogP contribution in [0.15, 0.2) is 0 Å². The minimum atomic E-state index is 0.464. The van der Waals surface area contributed by atoms with Crippen molar-refractivity contribution in [1.29, 1.82) is 0 Å². The molecule has 1 N–H and O–H groups in total. The lowest BCUT2D eigenvalue weighted by Crippen LogP contribution is -2.19. The molecule has 2 atom stereocenters. The zero-order chi connectivity index (χ0) is 8.10. The molecule has 11 heavy (non-hydrogen) atoms. The van der Waals surface area contributed by atoms with Gasteiger partial charge in [0, 0.05) is 5.38 Å². The molecule has 1 aliphatic rings. The maximum Gasteiger partial charge on any atom is 0.0338 e. The van der Waals surface area contributed by atoms with Gasteiger partial charge in [0.05, 0.1) is 0 Å². The third-order valence-electron chi connectivity index (χ3n) is 2.52. The molecule has 1 rings (SSSR count). The highest BCUT2D eigenvalue weighted by molar-refractivity contribution is 6.20. The monoisotopic (exact) mass is 175 g/mol. The Morgan fingerprint density at radius 3 is 2.91 bits per heavy atom. The lowest BCUT2D eigenvalue weighted by atomic mass is 9.87. The summed E-state index contributed by atoms with van der Waals surface area (Å²) in [6.45, 7) is 1.15. The molecule has 0 aromatic heterocycles. The van der Waals surface area contributed by atoms with Gasteiger partial charge >= 0.3 is 0 Å². The van der Waals surface area contributed by atoms with Gasteiger partial charge in [-0.2, -0.15) is 0 Å². The van der Waals surface area contributed by atoms with E-state index in [1.54, 1.807) is 0 Å². The Kier molecular flexibility index (Phi) is 4.24. The molecular formula is C9H18ClN. The summed E-state index contributed by atoms with van der Waals surface area (Å²) in [5.74, 6) is 0.888. The maximum absolute atomic E-state index is 6.07. The summed E-state index contributed by atoms with van der Waals surface area (Å²) in [6, 6.07) is 0. The van der Waals surface area contributed by atoms with Crippen molar-refractivity contribution in [3.05, 3.63) is 0 Å². The van der Waals surface area contributed by atoms with Gasteiger partial charge in [0.25, 0.3) is 0 Å². The molecule has 66 valence electrons. The van der Waals surface area contributed by atoms with Gasteiger partial charge in [0.1, 0.15) is 0 Å². The molecule has 1 nitrogen and oxygen atoms in total. The van der Waals surface area contributed by atoms with Crippen LogP contribution in [0.1, 0.15) is 32.1 Å². The molecule has 1 aliphatic carbocycles. The first-order chi connectivity index (χ1) is 5.33. The molecule has 0 radical (unpaired) electrons. The number of hydrogen-bond acceptors (Lipinski definition) is 1. The van der Waals surface area contributed by atoms with Crippen LogP contribution < -0.4 is 5.32 Å². The fraction of sp³-hybridized carbons (Fsp3) is 1.00. The zero-order valence-electron chi connectivity index (χ0n) is 7.28. The van der Waals surface area contributed by atoms with Gasteiger partial charge < -0.3 is 5.32 Å². The number of alkyl halides is 1. The highest BCUT2D eigenvalue weighted by Gasteiger charge is 2.19. The molecule has 2 unspecified atom stereocenters. The van der Waals surface area contributed by atoms with Gasteiger partial charge in [-0.1, -0.05) is 12.8 Å². The Morgan fingerprint density at radius 2 is 2.27 bits per heavy atom. The Hall–Kier alpha value is 0.250. The van der Waals surface area contributed by atoms with Crippen molar-refractivity contribution in [3.8, 4) is 0 Å². The molecule has 0 aliphatic heterocycles. The normalized spacial score (nSPS) is 32.2. The predicted octanol–water partition coefficient (Wildman–Crippen LogP) is 2.39. The van der Waals surface area contributed by atoms with E-state index in [2.05, 4.69) is 5.32 Å². The number of rotatable bonds is 3.